The van der Waals surface area contributed by atoms with Crippen molar-refractivity contribution in [2.45, 2.75) is 0 Å². The number of nitrogen functional groups attached to an aromatic ring is 1. The maximum Gasteiger partial charge on any atom is 0.265 e. The maximum absolute atomic E-state index is 12.2. The van der Waals surface area contributed by atoms with Crippen LogP contribution in [0.3, 0.4) is 0 Å². The van der Waals surface area contributed by atoms with E-state index < -0.39 is 0 Å². The molecule has 0 fully saturated rings. The van der Waals surface area contributed by atoms with Crippen LogP contribution < -0.4 is 11.1 Å². The molecule has 1 amide bonds. The second kappa shape index (κ2) is 6.26. The van der Waals surface area contributed by atoms with E-state index in [0.29, 0.717) is 16.3 Å². The van der Waals surface area contributed by atoms with E-state index in [-0.39, 0.29) is 5.91 Å². The van der Waals surface area contributed by atoms with E-state index in [2.05, 4.69) is 69.0 Å². The Morgan fingerprint density at radius 2 is 1.63 bits per heavy atom. The molecular weight excluding hydrogens is 528 g/mol. The second-order valence-corrected chi connectivity index (χ2v) is 8.48. The molecule has 19 heavy (non-hydrogen) atoms. The minimum atomic E-state index is -0.178. The van der Waals surface area contributed by atoms with Crippen molar-refractivity contribution >= 4 is 92.3 Å². The molecule has 1 aromatic heterocycles. The highest BCUT2D eigenvalue weighted by Gasteiger charge is 2.15. The molecule has 1 aromatic carbocycles. The first-order valence-corrected chi connectivity index (χ1v) is 8.88. The topological polar surface area (TPSA) is 55.1 Å². The molecule has 100 valence electrons. The molecule has 0 atom stereocenters. The van der Waals surface area contributed by atoms with Gasteiger partial charge in [0.05, 0.1) is 14.4 Å². The van der Waals surface area contributed by atoms with Crippen molar-refractivity contribution in [3.05, 3.63) is 40.3 Å². The number of carbonyl (C=O) groups is 1. The molecule has 0 saturated heterocycles. The summed E-state index contributed by atoms with van der Waals surface area (Å²) in [5, 5.41) is 2.84. The van der Waals surface area contributed by atoms with Crippen molar-refractivity contribution in [3.63, 3.8) is 0 Å². The lowest BCUT2D eigenvalue weighted by molar-refractivity contribution is 0.103. The molecule has 0 unspecified atom stereocenters. The first-order valence-electron chi connectivity index (χ1n) is 4.89. The highest BCUT2D eigenvalue weighted by Crippen LogP contribution is 2.36. The van der Waals surface area contributed by atoms with Crippen LogP contribution in [-0.2, 0) is 0 Å². The molecule has 8 heteroatoms. The average Bonchev–Trinajstić information content (AvgIpc) is 2.64. The number of halogens is 4. The van der Waals surface area contributed by atoms with Gasteiger partial charge in [-0.1, -0.05) is 0 Å². The van der Waals surface area contributed by atoms with E-state index in [4.69, 9.17) is 5.73 Å². The molecule has 1 heterocycles. The first kappa shape index (κ1) is 15.5. The number of thiophene rings is 1. The molecule has 3 nitrogen and oxygen atoms in total. The molecule has 0 saturated carbocycles. The lowest BCUT2D eigenvalue weighted by Gasteiger charge is -2.09. The van der Waals surface area contributed by atoms with Gasteiger partial charge in [-0.25, -0.2) is 0 Å². The predicted octanol–water partition coefficient (Wildman–Crippen LogP) is 5.63. The summed E-state index contributed by atoms with van der Waals surface area (Å²) in [5.74, 6) is -0.178. The van der Waals surface area contributed by atoms with Crippen molar-refractivity contribution in [2.24, 2.45) is 0 Å². The van der Waals surface area contributed by atoms with Crippen LogP contribution >= 0.6 is 75.1 Å². The van der Waals surface area contributed by atoms with E-state index in [1.807, 2.05) is 0 Å². The van der Waals surface area contributed by atoms with Crippen molar-refractivity contribution in [1.82, 2.24) is 0 Å². The maximum atomic E-state index is 12.2. The first-order chi connectivity index (χ1) is 8.88. The summed E-state index contributed by atoms with van der Waals surface area (Å²) in [7, 11) is 0. The van der Waals surface area contributed by atoms with Crippen LogP contribution in [0.4, 0.5) is 11.4 Å². The van der Waals surface area contributed by atoms with Crippen molar-refractivity contribution in [2.75, 3.05) is 11.1 Å². The molecular formula is C11H6Br4N2OS. The van der Waals surface area contributed by atoms with Crippen LogP contribution in [0.15, 0.2) is 35.4 Å². The Kier molecular flexibility index (Phi) is 5.10. The Bertz CT molecular complexity index is 614. The summed E-state index contributed by atoms with van der Waals surface area (Å²) in [5.41, 5.74) is 6.97. The Morgan fingerprint density at radius 3 is 2.11 bits per heavy atom. The lowest BCUT2D eigenvalue weighted by atomic mass is 10.3. The molecule has 0 bridgehead atoms. The summed E-state index contributed by atoms with van der Waals surface area (Å²) < 4.78 is 3.19. The summed E-state index contributed by atoms with van der Waals surface area (Å²) in [4.78, 5) is 12.8. The van der Waals surface area contributed by atoms with Gasteiger partial charge in [0.25, 0.3) is 5.91 Å². The van der Waals surface area contributed by atoms with Gasteiger partial charge in [-0.3, -0.25) is 4.79 Å². The highest BCUT2D eigenvalue weighted by molar-refractivity contribution is 9.13. The van der Waals surface area contributed by atoms with Gasteiger partial charge in [-0.05, 0) is 81.9 Å². The summed E-state index contributed by atoms with van der Waals surface area (Å²) >= 11 is 14.8. The van der Waals surface area contributed by atoms with Crippen LogP contribution in [0, 0.1) is 0 Å². The Balaban J connectivity index is 2.29. The molecule has 0 aliphatic heterocycles. The predicted molar refractivity (Wildman–Crippen MR) is 93.9 cm³/mol. The molecule has 3 N–H and O–H groups in total. The normalized spacial score (nSPS) is 10.5. The van der Waals surface area contributed by atoms with Gasteiger partial charge in [-0.2, -0.15) is 0 Å². The highest BCUT2D eigenvalue weighted by atomic mass is 79.9. The SMILES string of the molecule is Nc1cc(Br)c(NC(=O)c2cc(Br)c(Br)s2)c(Br)c1. The zero-order valence-corrected chi connectivity index (χ0v) is 16.3. The van der Waals surface area contributed by atoms with E-state index in [1.165, 1.54) is 11.3 Å². The Morgan fingerprint density at radius 1 is 1.05 bits per heavy atom. The van der Waals surface area contributed by atoms with E-state index in [1.54, 1.807) is 18.2 Å². The van der Waals surface area contributed by atoms with Crippen LogP contribution in [0.25, 0.3) is 0 Å². The largest absolute Gasteiger partial charge is 0.399 e. The third-order valence-electron chi connectivity index (χ3n) is 2.17. The molecule has 2 rings (SSSR count). The molecule has 0 spiro atoms. The van der Waals surface area contributed by atoms with Gasteiger partial charge in [-0.15, -0.1) is 11.3 Å². The molecule has 0 radical (unpaired) electrons. The zero-order chi connectivity index (χ0) is 14.2. The van der Waals surface area contributed by atoms with Gasteiger partial charge in [0, 0.05) is 19.1 Å². The van der Waals surface area contributed by atoms with Crippen LogP contribution in [0.1, 0.15) is 9.67 Å². The fraction of sp³-hybridized carbons (Fsp3) is 0. The number of rotatable bonds is 2. The number of hydrogen-bond acceptors (Lipinski definition) is 3. The second-order valence-electron chi connectivity index (χ2n) is 3.55. The minimum Gasteiger partial charge on any atom is -0.399 e. The molecule has 2 aromatic rings. The number of anilines is 2. The van der Waals surface area contributed by atoms with Gasteiger partial charge in [0.1, 0.15) is 0 Å². The Labute approximate surface area is 147 Å². The van der Waals surface area contributed by atoms with E-state index >= 15 is 0 Å². The van der Waals surface area contributed by atoms with Crippen LogP contribution in [0.2, 0.25) is 0 Å². The van der Waals surface area contributed by atoms with Crippen LogP contribution in [0.5, 0.6) is 0 Å². The number of hydrogen-bond donors (Lipinski definition) is 2. The standard InChI is InChI=1S/C11H6Br4N2OS/c12-5-1-4(16)2-6(13)9(5)17-11(18)8-3-7(14)10(15)19-8/h1-3H,16H2,(H,17,18). The number of carbonyl (C=O) groups excluding carboxylic acids is 1. The molecule has 0 aliphatic rings. The van der Waals surface area contributed by atoms with E-state index in [0.717, 1.165) is 17.2 Å². The average molecular weight is 534 g/mol. The Hall–Kier alpha value is 0.110. The van der Waals surface area contributed by atoms with Crippen molar-refractivity contribution in [3.8, 4) is 0 Å². The van der Waals surface area contributed by atoms with E-state index in [9.17, 15) is 4.79 Å². The van der Waals surface area contributed by atoms with Crippen molar-refractivity contribution in [1.29, 1.82) is 0 Å². The summed E-state index contributed by atoms with van der Waals surface area (Å²) in [6, 6.07) is 5.24. The fourth-order valence-corrected chi connectivity index (χ4v) is 4.70. The fourth-order valence-electron chi connectivity index (χ4n) is 1.35. The van der Waals surface area contributed by atoms with Gasteiger partial charge >= 0.3 is 0 Å². The minimum absolute atomic E-state index is 0.178. The number of benzene rings is 1. The quantitative estimate of drug-likeness (QED) is 0.492. The number of nitrogens with one attached hydrogen (secondary N) is 1. The molecule has 0 aliphatic carbocycles. The third-order valence-corrected chi connectivity index (χ3v) is 6.68. The van der Waals surface area contributed by atoms with Crippen LogP contribution in [-0.4, -0.2) is 5.91 Å². The summed E-state index contributed by atoms with van der Waals surface area (Å²) in [6.07, 6.45) is 0. The monoisotopic (exact) mass is 530 g/mol. The smallest absolute Gasteiger partial charge is 0.265 e. The van der Waals surface area contributed by atoms with Gasteiger partial charge in [0.15, 0.2) is 0 Å². The van der Waals surface area contributed by atoms with Crippen molar-refractivity contribution < 1.29 is 4.79 Å². The van der Waals surface area contributed by atoms with Gasteiger partial charge in [0.2, 0.25) is 0 Å². The lowest BCUT2D eigenvalue weighted by Crippen LogP contribution is -2.11. The number of amides is 1. The number of nitrogens with two attached hydrogens (primary N) is 1. The summed E-state index contributed by atoms with van der Waals surface area (Å²) in [6.45, 7) is 0. The zero-order valence-electron chi connectivity index (χ0n) is 9.14. The third kappa shape index (κ3) is 3.60. The van der Waals surface area contributed by atoms with Gasteiger partial charge < -0.3 is 11.1 Å².